The first-order valence-electron chi connectivity index (χ1n) is 7.26. The molecule has 0 bridgehead atoms. The summed E-state index contributed by atoms with van der Waals surface area (Å²) in [6.45, 7) is 3.28. The second-order valence-corrected chi connectivity index (χ2v) is 9.33. The van der Waals surface area contributed by atoms with Crippen molar-refractivity contribution in [1.82, 2.24) is 4.98 Å². The highest BCUT2D eigenvalue weighted by Crippen LogP contribution is 2.28. The highest BCUT2D eigenvalue weighted by atomic mass is 32.2. The monoisotopic (exact) mass is 393 g/mol. The Kier molecular flexibility index (Phi) is 4.89. The number of anilines is 2. The van der Waals surface area contributed by atoms with E-state index >= 15 is 0 Å². The van der Waals surface area contributed by atoms with Crippen molar-refractivity contribution >= 4 is 49.4 Å². The van der Waals surface area contributed by atoms with Gasteiger partial charge in [-0.1, -0.05) is 12.1 Å². The van der Waals surface area contributed by atoms with Crippen LogP contribution in [-0.2, 0) is 14.8 Å². The number of hydrogen-bond donors (Lipinski definition) is 2. The minimum absolute atomic E-state index is 0.186. The van der Waals surface area contributed by atoms with E-state index in [1.54, 1.807) is 30.3 Å². The van der Waals surface area contributed by atoms with E-state index in [0.717, 1.165) is 10.4 Å². The Balaban J connectivity index is 1.84. The summed E-state index contributed by atoms with van der Waals surface area (Å²) in [4.78, 5) is 16.3. The number of nitrogens with one attached hydrogen (secondary N) is 2. The summed E-state index contributed by atoms with van der Waals surface area (Å²) in [6.07, 6.45) is 0. The molecule has 0 aliphatic rings. The molecular weight excluding hydrogens is 378 g/mol. The van der Waals surface area contributed by atoms with Gasteiger partial charge in [0, 0.05) is 28.4 Å². The third-order valence-electron chi connectivity index (χ3n) is 3.18. The van der Waals surface area contributed by atoms with E-state index in [0.29, 0.717) is 16.5 Å². The van der Waals surface area contributed by atoms with Crippen LogP contribution in [0.15, 0.2) is 46.0 Å². The third kappa shape index (κ3) is 4.25. The molecule has 2 heterocycles. The Hall–Kier alpha value is -2.23. The molecule has 0 atom stereocenters. The predicted molar refractivity (Wildman–Crippen MR) is 102 cm³/mol. The molecule has 0 aliphatic carbocycles. The SMILES string of the molecule is CC(=O)Nc1nc(-c2cccc(NS(=O)(=O)c3ccc(C)s3)c2)cs1. The lowest BCUT2D eigenvalue weighted by Crippen LogP contribution is -2.11. The van der Waals surface area contributed by atoms with Gasteiger partial charge < -0.3 is 5.32 Å². The van der Waals surface area contributed by atoms with Gasteiger partial charge in [0.25, 0.3) is 10.0 Å². The van der Waals surface area contributed by atoms with Crippen molar-refractivity contribution in [3.05, 3.63) is 46.7 Å². The van der Waals surface area contributed by atoms with Gasteiger partial charge in [-0.2, -0.15) is 0 Å². The molecule has 3 rings (SSSR count). The van der Waals surface area contributed by atoms with E-state index in [-0.39, 0.29) is 10.1 Å². The molecule has 6 nitrogen and oxygen atoms in total. The number of thiazole rings is 1. The summed E-state index contributed by atoms with van der Waals surface area (Å²) in [5.74, 6) is -0.186. The van der Waals surface area contributed by atoms with Gasteiger partial charge in [0.15, 0.2) is 5.13 Å². The average molecular weight is 394 g/mol. The van der Waals surface area contributed by atoms with Gasteiger partial charge in [-0.3, -0.25) is 9.52 Å². The minimum atomic E-state index is -3.61. The Morgan fingerprint density at radius 3 is 2.68 bits per heavy atom. The van der Waals surface area contributed by atoms with E-state index in [2.05, 4.69) is 15.0 Å². The number of carbonyl (C=O) groups is 1. The highest BCUT2D eigenvalue weighted by Gasteiger charge is 2.16. The number of nitrogens with zero attached hydrogens (tertiary/aromatic N) is 1. The van der Waals surface area contributed by atoms with Crippen molar-refractivity contribution in [3.63, 3.8) is 0 Å². The molecule has 1 amide bonds. The third-order valence-corrected chi connectivity index (χ3v) is 6.81. The Morgan fingerprint density at radius 2 is 2.00 bits per heavy atom. The standard InChI is InChI=1S/C16H15N3O3S3/c1-10-6-7-15(24-10)25(21,22)19-13-5-3-4-12(8-13)14-9-23-16(18-14)17-11(2)20/h3-9,19H,1-2H3,(H,17,18,20). The number of amides is 1. The summed E-state index contributed by atoms with van der Waals surface area (Å²) < 4.78 is 27.7. The summed E-state index contributed by atoms with van der Waals surface area (Å²) in [7, 11) is -3.61. The molecule has 3 aromatic rings. The van der Waals surface area contributed by atoms with E-state index in [1.807, 2.05) is 18.4 Å². The lowest BCUT2D eigenvalue weighted by Gasteiger charge is -2.07. The first-order chi connectivity index (χ1) is 11.8. The molecule has 130 valence electrons. The van der Waals surface area contributed by atoms with Crippen molar-refractivity contribution in [1.29, 1.82) is 0 Å². The van der Waals surface area contributed by atoms with Crippen LogP contribution in [0.5, 0.6) is 0 Å². The van der Waals surface area contributed by atoms with E-state index in [9.17, 15) is 13.2 Å². The zero-order valence-corrected chi connectivity index (χ0v) is 15.9. The molecule has 1 aromatic carbocycles. The van der Waals surface area contributed by atoms with E-state index in [4.69, 9.17) is 0 Å². The van der Waals surface area contributed by atoms with Gasteiger partial charge in [0.05, 0.1) is 5.69 Å². The summed E-state index contributed by atoms with van der Waals surface area (Å²) >= 11 is 2.53. The second-order valence-electron chi connectivity index (χ2n) is 5.27. The smallest absolute Gasteiger partial charge is 0.271 e. The Bertz CT molecular complexity index is 1020. The van der Waals surface area contributed by atoms with Crippen LogP contribution in [0.3, 0.4) is 0 Å². The number of thiophene rings is 1. The zero-order valence-electron chi connectivity index (χ0n) is 13.4. The number of hydrogen-bond acceptors (Lipinski definition) is 6. The maximum Gasteiger partial charge on any atom is 0.271 e. The largest absolute Gasteiger partial charge is 0.302 e. The van der Waals surface area contributed by atoms with Crippen LogP contribution >= 0.6 is 22.7 Å². The van der Waals surface area contributed by atoms with Crippen LogP contribution in [0.4, 0.5) is 10.8 Å². The van der Waals surface area contributed by atoms with Crippen LogP contribution in [0, 0.1) is 6.92 Å². The maximum atomic E-state index is 12.4. The topological polar surface area (TPSA) is 88.2 Å². The fourth-order valence-corrected chi connectivity index (χ4v) is 5.22. The lowest BCUT2D eigenvalue weighted by molar-refractivity contribution is -0.114. The number of benzene rings is 1. The molecule has 0 saturated heterocycles. The molecule has 0 fully saturated rings. The molecule has 0 aliphatic heterocycles. The zero-order chi connectivity index (χ0) is 18.0. The number of aryl methyl sites for hydroxylation is 1. The lowest BCUT2D eigenvalue weighted by atomic mass is 10.1. The van der Waals surface area contributed by atoms with Crippen LogP contribution < -0.4 is 10.0 Å². The van der Waals surface area contributed by atoms with Gasteiger partial charge in [-0.05, 0) is 31.2 Å². The van der Waals surface area contributed by atoms with Crippen molar-refractivity contribution in [2.45, 2.75) is 18.1 Å². The molecule has 0 unspecified atom stereocenters. The molecular formula is C16H15N3O3S3. The molecule has 0 saturated carbocycles. The van der Waals surface area contributed by atoms with Crippen molar-refractivity contribution < 1.29 is 13.2 Å². The fourth-order valence-electron chi connectivity index (χ4n) is 2.12. The highest BCUT2D eigenvalue weighted by molar-refractivity contribution is 7.94. The van der Waals surface area contributed by atoms with Gasteiger partial charge in [0.1, 0.15) is 4.21 Å². The minimum Gasteiger partial charge on any atom is -0.302 e. The molecule has 9 heteroatoms. The fraction of sp³-hybridized carbons (Fsp3) is 0.125. The molecule has 25 heavy (non-hydrogen) atoms. The van der Waals surface area contributed by atoms with Gasteiger partial charge in [0.2, 0.25) is 5.91 Å². The maximum absolute atomic E-state index is 12.4. The number of sulfonamides is 1. The van der Waals surface area contributed by atoms with Gasteiger partial charge in [-0.15, -0.1) is 22.7 Å². The molecule has 2 aromatic heterocycles. The normalized spacial score (nSPS) is 11.3. The quantitative estimate of drug-likeness (QED) is 0.687. The van der Waals surface area contributed by atoms with Crippen molar-refractivity contribution in [2.75, 3.05) is 10.0 Å². The second kappa shape index (κ2) is 6.95. The van der Waals surface area contributed by atoms with Crippen LogP contribution in [0.1, 0.15) is 11.8 Å². The molecule has 0 radical (unpaired) electrons. The molecule has 0 spiro atoms. The Morgan fingerprint density at radius 1 is 1.20 bits per heavy atom. The van der Waals surface area contributed by atoms with Crippen molar-refractivity contribution in [3.8, 4) is 11.3 Å². The van der Waals surface area contributed by atoms with E-state index < -0.39 is 10.0 Å². The predicted octanol–water partition coefficient (Wildman–Crippen LogP) is 3.94. The Labute approximate surface area is 153 Å². The van der Waals surface area contributed by atoms with Gasteiger partial charge in [-0.25, -0.2) is 13.4 Å². The van der Waals surface area contributed by atoms with E-state index in [1.165, 1.54) is 29.6 Å². The first kappa shape index (κ1) is 17.6. The first-order valence-corrected chi connectivity index (χ1v) is 10.4. The molecule has 2 N–H and O–H groups in total. The van der Waals surface area contributed by atoms with Crippen LogP contribution in [0.2, 0.25) is 0 Å². The average Bonchev–Trinajstić information content (AvgIpc) is 3.16. The summed E-state index contributed by atoms with van der Waals surface area (Å²) in [5, 5.41) is 4.94. The number of aromatic nitrogens is 1. The number of carbonyl (C=O) groups excluding carboxylic acids is 1. The van der Waals surface area contributed by atoms with Crippen LogP contribution in [0.25, 0.3) is 11.3 Å². The summed E-state index contributed by atoms with van der Waals surface area (Å²) in [6, 6.07) is 10.3. The van der Waals surface area contributed by atoms with Gasteiger partial charge >= 0.3 is 0 Å². The summed E-state index contributed by atoms with van der Waals surface area (Å²) in [5.41, 5.74) is 1.88. The van der Waals surface area contributed by atoms with Crippen LogP contribution in [-0.4, -0.2) is 19.3 Å². The number of rotatable bonds is 5. The van der Waals surface area contributed by atoms with Crippen molar-refractivity contribution in [2.24, 2.45) is 0 Å².